The highest BCUT2D eigenvalue weighted by molar-refractivity contribution is 5.94. The van der Waals surface area contributed by atoms with Crippen molar-refractivity contribution in [1.82, 2.24) is 0 Å². The van der Waals surface area contributed by atoms with E-state index >= 15 is 0 Å². The van der Waals surface area contributed by atoms with Gasteiger partial charge in [0.1, 0.15) is 11.5 Å². The standard InChI is InChI=1S/C22H29NO3/c1-15(2)25-19-13-9-18(10-14-19)23-21(24)16(3)26-20-11-7-17(8-12-20)22(4,5)6/h7-16H,1-6H3,(H,23,24)/t16-/m1/s1. The van der Waals surface area contributed by atoms with Crippen LogP contribution < -0.4 is 14.8 Å². The number of carbonyl (C=O) groups is 1. The molecule has 0 fully saturated rings. The van der Waals surface area contributed by atoms with E-state index in [-0.39, 0.29) is 17.4 Å². The fourth-order valence-corrected chi connectivity index (χ4v) is 2.42. The maximum Gasteiger partial charge on any atom is 0.265 e. The van der Waals surface area contributed by atoms with Crippen LogP contribution in [0.2, 0.25) is 0 Å². The van der Waals surface area contributed by atoms with Crippen LogP contribution in [-0.2, 0) is 10.2 Å². The Balaban J connectivity index is 1.93. The van der Waals surface area contributed by atoms with E-state index in [1.165, 1.54) is 5.56 Å². The summed E-state index contributed by atoms with van der Waals surface area (Å²) in [6.45, 7) is 12.2. The summed E-state index contributed by atoms with van der Waals surface area (Å²) >= 11 is 0. The zero-order valence-corrected chi connectivity index (χ0v) is 16.5. The molecule has 4 nitrogen and oxygen atoms in total. The van der Waals surface area contributed by atoms with Crippen molar-refractivity contribution in [2.45, 2.75) is 59.2 Å². The number of hydrogen-bond donors (Lipinski definition) is 1. The average Bonchev–Trinajstić information content (AvgIpc) is 2.55. The van der Waals surface area contributed by atoms with Gasteiger partial charge in [-0.25, -0.2) is 0 Å². The SMILES string of the molecule is CC(C)Oc1ccc(NC(=O)[C@@H](C)Oc2ccc(C(C)(C)C)cc2)cc1. The van der Waals surface area contributed by atoms with Crippen molar-refractivity contribution >= 4 is 11.6 Å². The summed E-state index contributed by atoms with van der Waals surface area (Å²) in [6.07, 6.45) is -0.476. The van der Waals surface area contributed by atoms with E-state index in [4.69, 9.17) is 9.47 Å². The summed E-state index contributed by atoms with van der Waals surface area (Å²) in [7, 11) is 0. The van der Waals surface area contributed by atoms with Crippen LogP contribution >= 0.6 is 0 Å². The molecule has 0 aliphatic carbocycles. The molecule has 1 atom stereocenters. The molecule has 4 heteroatoms. The van der Waals surface area contributed by atoms with Crippen LogP contribution in [0.25, 0.3) is 0 Å². The van der Waals surface area contributed by atoms with Crippen molar-refractivity contribution in [3.05, 3.63) is 54.1 Å². The van der Waals surface area contributed by atoms with Gasteiger partial charge in [0.2, 0.25) is 0 Å². The highest BCUT2D eigenvalue weighted by atomic mass is 16.5. The van der Waals surface area contributed by atoms with Crippen molar-refractivity contribution in [2.24, 2.45) is 0 Å². The van der Waals surface area contributed by atoms with Gasteiger partial charge in [0.05, 0.1) is 6.10 Å². The van der Waals surface area contributed by atoms with Crippen LogP contribution in [0.5, 0.6) is 11.5 Å². The molecule has 0 saturated carbocycles. The second-order valence-corrected chi connectivity index (χ2v) is 7.71. The molecule has 1 amide bonds. The van der Waals surface area contributed by atoms with Gasteiger partial charge >= 0.3 is 0 Å². The fraction of sp³-hybridized carbons (Fsp3) is 0.409. The Morgan fingerprint density at radius 2 is 1.35 bits per heavy atom. The van der Waals surface area contributed by atoms with E-state index < -0.39 is 6.10 Å². The smallest absolute Gasteiger partial charge is 0.265 e. The van der Waals surface area contributed by atoms with E-state index in [1.54, 1.807) is 6.92 Å². The van der Waals surface area contributed by atoms with Gasteiger partial charge in [0, 0.05) is 5.69 Å². The largest absolute Gasteiger partial charge is 0.491 e. The molecule has 0 saturated heterocycles. The van der Waals surface area contributed by atoms with Gasteiger partial charge in [-0.15, -0.1) is 0 Å². The minimum Gasteiger partial charge on any atom is -0.491 e. The quantitative estimate of drug-likeness (QED) is 0.777. The molecule has 0 aliphatic rings. The fourth-order valence-electron chi connectivity index (χ4n) is 2.42. The zero-order chi connectivity index (χ0) is 19.3. The lowest BCUT2D eigenvalue weighted by molar-refractivity contribution is -0.122. The monoisotopic (exact) mass is 355 g/mol. The van der Waals surface area contributed by atoms with Crippen LogP contribution in [0.15, 0.2) is 48.5 Å². The summed E-state index contributed by atoms with van der Waals surface area (Å²) in [5.74, 6) is 1.27. The Hall–Kier alpha value is -2.49. The van der Waals surface area contributed by atoms with Gasteiger partial charge in [0.25, 0.3) is 5.91 Å². The number of rotatable bonds is 6. The minimum absolute atomic E-state index is 0.0902. The summed E-state index contributed by atoms with van der Waals surface area (Å²) in [6, 6.07) is 15.2. The van der Waals surface area contributed by atoms with Gasteiger partial charge in [-0.3, -0.25) is 4.79 Å². The average molecular weight is 355 g/mol. The number of ether oxygens (including phenoxy) is 2. The van der Waals surface area contributed by atoms with Gasteiger partial charge in [-0.1, -0.05) is 32.9 Å². The molecule has 0 heterocycles. The number of amides is 1. The molecule has 0 spiro atoms. The third-order valence-electron chi connectivity index (χ3n) is 3.90. The molecule has 26 heavy (non-hydrogen) atoms. The molecule has 2 aromatic carbocycles. The van der Waals surface area contributed by atoms with Crippen LogP contribution in [0, 0.1) is 0 Å². The van der Waals surface area contributed by atoms with E-state index in [9.17, 15) is 4.79 Å². The van der Waals surface area contributed by atoms with E-state index in [1.807, 2.05) is 62.4 Å². The second-order valence-electron chi connectivity index (χ2n) is 7.71. The maximum atomic E-state index is 12.3. The molecular weight excluding hydrogens is 326 g/mol. The number of benzene rings is 2. The molecule has 140 valence electrons. The molecule has 2 aromatic rings. The third kappa shape index (κ3) is 5.80. The van der Waals surface area contributed by atoms with E-state index in [0.29, 0.717) is 11.4 Å². The molecular formula is C22H29NO3. The van der Waals surface area contributed by atoms with Crippen molar-refractivity contribution in [2.75, 3.05) is 5.32 Å². The Kier molecular flexibility index (Phi) is 6.30. The van der Waals surface area contributed by atoms with Gasteiger partial charge in [0.15, 0.2) is 6.10 Å². The Morgan fingerprint density at radius 1 is 0.846 bits per heavy atom. The third-order valence-corrected chi connectivity index (χ3v) is 3.90. The molecule has 0 aliphatic heterocycles. The van der Waals surface area contributed by atoms with Crippen molar-refractivity contribution in [3.8, 4) is 11.5 Å². The molecule has 0 bridgehead atoms. The van der Waals surface area contributed by atoms with Gasteiger partial charge in [-0.05, 0) is 68.1 Å². The summed E-state index contributed by atoms with van der Waals surface area (Å²) in [5.41, 5.74) is 2.03. The van der Waals surface area contributed by atoms with Crippen LogP contribution in [0.1, 0.15) is 47.1 Å². The van der Waals surface area contributed by atoms with Gasteiger partial charge in [-0.2, -0.15) is 0 Å². The van der Waals surface area contributed by atoms with E-state index in [2.05, 4.69) is 26.1 Å². The number of hydrogen-bond acceptors (Lipinski definition) is 3. The first kappa shape index (κ1) is 19.8. The van der Waals surface area contributed by atoms with Crippen LogP contribution in [-0.4, -0.2) is 18.1 Å². The molecule has 0 unspecified atom stereocenters. The molecule has 1 N–H and O–H groups in total. The Labute approximate surface area is 156 Å². The first-order valence-corrected chi connectivity index (χ1v) is 9.00. The highest BCUT2D eigenvalue weighted by Crippen LogP contribution is 2.25. The predicted molar refractivity (Wildman–Crippen MR) is 106 cm³/mol. The zero-order valence-electron chi connectivity index (χ0n) is 16.5. The summed E-state index contributed by atoms with van der Waals surface area (Å²) in [4.78, 5) is 12.3. The Bertz CT molecular complexity index is 713. The topological polar surface area (TPSA) is 47.6 Å². The lowest BCUT2D eigenvalue weighted by atomic mass is 9.87. The number of anilines is 1. The Morgan fingerprint density at radius 3 is 1.85 bits per heavy atom. The lowest BCUT2D eigenvalue weighted by Gasteiger charge is -2.20. The number of nitrogens with one attached hydrogen (secondary N) is 1. The first-order valence-electron chi connectivity index (χ1n) is 9.00. The van der Waals surface area contributed by atoms with Crippen molar-refractivity contribution in [3.63, 3.8) is 0 Å². The summed E-state index contributed by atoms with van der Waals surface area (Å²) < 4.78 is 11.4. The van der Waals surface area contributed by atoms with E-state index in [0.717, 1.165) is 5.75 Å². The minimum atomic E-state index is -0.595. The van der Waals surface area contributed by atoms with Crippen LogP contribution in [0.3, 0.4) is 0 Å². The van der Waals surface area contributed by atoms with Gasteiger partial charge < -0.3 is 14.8 Å². The normalized spacial score (nSPS) is 12.6. The molecule has 0 radical (unpaired) electrons. The van der Waals surface area contributed by atoms with Crippen molar-refractivity contribution in [1.29, 1.82) is 0 Å². The highest BCUT2D eigenvalue weighted by Gasteiger charge is 2.17. The molecule has 2 rings (SSSR count). The maximum absolute atomic E-state index is 12.3. The second kappa shape index (κ2) is 8.26. The predicted octanol–water partition coefficient (Wildman–Crippen LogP) is 5.18. The van der Waals surface area contributed by atoms with Crippen LogP contribution in [0.4, 0.5) is 5.69 Å². The summed E-state index contributed by atoms with van der Waals surface area (Å²) in [5, 5.41) is 2.86. The van der Waals surface area contributed by atoms with Crippen molar-refractivity contribution < 1.29 is 14.3 Å². The first-order chi connectivity index (χ1) is 12.1. The number of carbonyl (C=O) groups excluding carboxylic acids is 1. The lowest BCUT2D eigenvalue weighted by Crippen LogP contribution is -2.30. The molecule has 0 aromatic heterocycles.